The van der Waals surface area contributed by atoms with Crippen molar-refractivity contribution in [1.29, 1.82) is 0 Å². The molecule has 0 radical (unpaired) electrons. The molecular weight excluding hydrogens is 378 g/mol. The van der Waals surface area contributed by atoms with Crippen LogP contribution in [0.4, 0.5) is 8.78 Å². The summed E-state index contributed by atoms with van der Waals surface area (Å²) in [5, 5.41) is 4.29. The molecule has 0 bridgehead atoms. The van der Waals surface area contributed by atoms with Crippen molar-refractivity contribution in [2.75, 3.05) is 19.7 Å². The van der Waals surface area contributed by atoms with Crippen LogP contribution in [0.1, 0.15) is 59.1 Å². The van der Waals surface area contributed by atoms with Crippen molar-refractivity contribution in [2.24, 2.45) is 0 Å². The molecule has 2 fully saturated rings. The first-order chi connectivity index (χ1) is 14.0. The second kappa shape index (κ2) is 8.39. The topological polar surface area (TPSA) is 60.3 Å². The molecule has 4 rings (SSSR count). The van der Waals surface area contributed by atoms with Gasteiger partial charge in [-0.15, -0.1) is 0 Å². The number of likely N-dealkylation sites (tertiary alicyclic amines) is 1. The molecule has 0 aliphatic carbocycles. The number of hydrogen-bond donors (Lipinski definition) is 0. The van der Waals surface area contributed by atoms with E-state index in [0.29, 0.717) is 37.1 Å². The summed E-state index contributed by atoms with van der Waals surface area (Å²) in [6.07, 6.45) is 8.37. The molecule has 2 aliphatic rings. The van der Waals surface area contributed by atoms with Gasteiger partial charge in [0.05, 0.1) is 12.1 Å². The smallest absolute Gasteiger partial charge is 0.261 e. The number of alkyl halides is 2. The number of aldehydes is 1. The van der Waals surface area contributed by atoms with E-state index in [4.69, 9.17) is 4.74 Å². The van der Waals surface area contributed by atoms with Crippen LogP contribution >= 0.6 is 0 Å². The quantitative estimate of drug-likeness (QED) is 0.583. The molecule has 0 spiro atoms. The summed E-state index contributed by atoms with van der Waals surface area (Å²) in [5.41, 5.74) is 2.29. The molecule has 1 atom stereocenters. The van der Waals surface area contributed by atoms with E-state index in [1.165, 1.54) is 0 Å². The van der Waals surface area contributed by atoms with E-state index in [-0.39, 0.29) is 24.9 Å². The number of pyridine rings is 1. The number of rotatable bonds is 4. The predicted molar refractivity (Wildman–Crippen MR) is 102 cm³/mol. The van der Waals surface area contributed by atoms with Gasteiger partial charge in [-0.2, -0.15) is 5.10 Å². The summed E-state index contributed by atoms with van der Waals surface area (Å²) in [6, 6.07) is 1.84. The second-order valence-electron chi connectivity index (χ2n) is 7.50. The lowest BCUT2D eigenvalue weighted by Crippen LogP contribution is -2.24. The average molecular weight is 400 g/mol. The standard InChI is InChI=1S/C21H22F2N4O2/c22-21(23)6-7-26(15-21)12-17-9-16(10-24-11-17)4-5-18-13-27(25-19(18)14-28)20-3-1-2-8-29-20/h9-11,13-14,20H,1-3,6-8,12,15H2. The largest absolute Gasteiger partial charge is 0.357 e. The van der Waals surface area contributed by atoms with Crippen molar-refractivity contribution in [3.05, 3.63) is 47.0 Å². The summed E-state index contributed by atoms with van der Waals surface area (Å²) in [6.45, 7) is 1.24. The molecule has 29 heavy (non-hydrogen) atoms. The van der Waals surface area contributed by atoms with Crippen molar-refractivity contribution in [1.82, 2.24) is 19.7 Å². The fraction of sp³-hybridized carbons (Fsp3) is 0.476. The lowest BCUT2D eigenvalue weighted by atomic mass is 10.2. The summed E-state index contributed by atoms with van der Waals surface area (Å²) in [7, 11) is 0. The molecular formula is C21H22F2N4O2. The molecule has 0 saturated carbocycles. The Morgan fingerprint density at radius 1 is 1.31 bits per heavy atom. The van der Waals surface area contributed by atoms with E-state index < -0.39 is 5.92 Å². The lowest BCUT2D eigenvalue weighted by molar-refractivity contribution is -0.0395. The van der Waals surface area contributed by atoms with Crippen LogP contribution in [0, 0.1) is 11.8 Å². The van der Waals surface area contributed by atoms with Gasteiger partial charge in [0.15, 0.2) is 6.29 Å². The third-order valence-corrected chi connectivity index (χ3v) is 5.11. The van der Waals surface area contributed by atoms with Gasteiger partial charge in [-0.3, -0.25) is 14.7 Å². The number of carbonyl (C=O) groups excluding carboxylic acids is 1. The number of ether oxygens (including phenoxy) is 1. The first-order valence-corrected chi connectivity index (χ1v) is 9.74. The van der Waals surface area contributed by atoms with Crippen LogP contribution in [0.2, 0.25) is 0 Å². The summed E-state index contributed by atoms with van der Waals surface area (Å²) in [5.74, 6) is 3.37. The number of carbonyl (C=O) groups is 1. The van der Waals surface area contributed by atoms with E-state index in [2.05, 4.69) is 21.9 Å². The van der Waals surface area contributed by atoms with Gasteiger partial charge in [-0.25, -0.2) is 13.5 Å². The Labute approximate surface area is 167 Å². The number of nitrogens with zero attached hydrogens (tertiary/aromatic N) is 4. The van der Waals surface area contributed by atoms with E-state index in [1.54, 1.807) is 28.2 Å². The molecule has 4 heterocycles. The Hall–Kier alpha value is -2.63. The SMILES string of the molecule is O=Cc1nn(C2CCCCO2)cc1C#Cc1cncc(CN2CCC(F)(F)C2)c1. The first kappa shape index (κ1) is 19.7. The Kier molecular flexibility index (Phi) is 5.69. The zero-order chi connectivity index (χ0) is 20.3. The Bertz CT molecular complexity index is 942. The molecule has 152 valence electrons. The van der Waals surface area contributed by atoms with Crippen LogP contribution in [0.15, 0.2) is 24.7 Å². The van der Waals surface area contributed by atoms with Gasteiger partial charge < -0.3 is 4.74 Å². The fourth-order valence-corrected chi connectivity index (χ4v) is 3.65. The number of aromatic nitrogens is 3. The first-order valence-electron chi connectivity index (χ1n) is 9.74. The zero-order valence-electron chi connectivity index (χ0n) is 16.0. The van der Waals surface area contributed by atoms with Crippen LogP contribution in [-0.2, 0) is 11.3 Å². The molecule has 2 aromatic rings. The molecule has 1 unspecified atom stereocenters. The summed E-state index contributed by atoms with van der Waals surface area (Å²) >= 11 is 0. The molecule has 0 amide bonds. The Morgan fingerprint density at radius 2 is 2.21 bits per heavy atom. The molecule has 0 aromatic carbocycles. The van der Waals surface area contributed by atoms with Gasteiger partial charge in [0.25, 0.3) is 5.92 Å². The van der Waals surface area contributed by atoms with Crippen molar-refractivity contribution < 1.29 is 18.3 Å². The second-order valence-corrected chi connectivity index (χ2v) is 7.50. The van der Waals surface area contributed by atoms with Crippen LogP contribution in [0.5, 0.6) is 0 Å². The molecule has 2 saturated heterocycles. The van der Waals surface area contributed by atoms with Crippen LogP contribution in [0.3, 0.4) is 0 Å². The number of hydrogen-bond acceptors (Lipinski definition) is 5. The lowest BCUT2D eigenvalue weighted by Gasteiger charge is -2.22. The van der Waals surface area contributed by atoms with E-state index in [9.17, 15) is 13.6 Å². The van der Waals surface area contributed by atoms with Crippen LogP contribution < -0.4 is 0 Å². The van der Waals surface area contributed by atoms with Crippen LogP contribution in [-0.4, -0.2) is 51.6 Å². The Morgan fingerprint density at radius 3 is 2.93 bits per heavy atom. The highest BCUT2D eigenvalue weighted by atomic mass is 19.3. The van der Waals surface area contributed by atoms with Gasteiger partial charge in [-0.05, 0) is 30.9 Å². The van der Waals surface area contributed by atoms with Crippen LogP contribution in [0.25, 0.3) is 0 Å². The highest BCUT2D eigenvalue weighted by molar-refractivity contribution is 5.76. The molecule has 8 heteroatoms. The fourth-order valence-electron chi connectivity index (χ4n) is 3.65. The minimum Gasteiger partial charge on any atom is -0.357 e. The van der Waals surface area contributed by atoms with E-state index >= 15 is 0 Å². The average Bonchev–Trinajstić information content (AvgIpc) is 3.30. The minimum atomic E-state index is -2.61. The van der Waals surface area contributed by atoms with Gasteiger partial charge in [0, 0.05) is 50.3 Å². The van der Waals surface area contributed by atoms with Crippen molar-refractivity contribution >= 4 is 6.29 Å². The third-order valence-electron chi connectivity index (χ3n) is 5.11. The van der Waals surface area contributed by atoms with E-state index in [1.807, 2.05) is 6.07 Å². The number of halogens is 2. The minimum absolute atomic E-state index is 0.108. The predicted octanol–water partition coefficient (Wildman–Crippen LogP) is 3.03. The monoisotopic (exact) mass is 400 g/mol. The Balaban J connectivity index is 1.49. The van der Waals surface area contributed by atoms with E-state index in [0.717, 1.165) is 24.8 Å². The summed E-state index contributed by atoms with van der Waals surface area (Å²) < 4.78 is 34.1. The third kappa shape index (κ3) is 4.86. The normalized spacial score (nSPS) is 21.5. The van der Waals surface area contributed by atoms with Crippen molar-refractivity contribution in [3.63, 3.8) is 0 Å². The maximum atomic E-state index is 13.4. The van der Waals surface area contributed by atoms with Crippen molar-refractivity contribution in [3.8, 4) is 11.8 Å². The molecule has 6 nitrogen and oxygen atoms in total. The van der Waals surface area contributed by atoms with Gasteiger partial charge in [-0.1, -0.05) is 11.8 Å². The zero-order valence-corrected chi connectivity index (χ0v) is 16.0. The maximum absolute atomic E-state index is 13.4. The molecule has 2 aromatic heterocycles. The van der Waals surface area contributed by atoms with Gasteiger partial charge >= 0.3 is 0 Å². The molecule has 0 N–H and O–H groups in total. The highest BCUT2D eigenvalue weighted by Crippen LogP contribution is 2.27. The van der Waals surface area contributed by atoms with Gasteiger partial charge in [0.1, 0.15) is 11.9 Å². The van der Waals surface area contributed by atoms with Gasteiger partial charge in [0.2, 0.25) is 0 Å². The highest BCUT2D eigenvalue weighted by Gasteiger charge is 2.37. The molecule has 2 aliphatic heterocycles. The maximum Gasteiger partial charge on any atom is 0.261 e. The summed E-state index contributed by atoms with van der Waals surface area (Å²) in [4.78, 5) is 17.3. The van der Waals surface area contributed by atoms with Crippen molar-refractivity contribution in [2.45, 2.75) is 44.4 Å².